The summed E-state index contributed by atoms with van der Waals surface area (Å²) >= 11 is 3.40. The van der Waals surface area contributed by atoms with Crippen molar-refractivity contribution < 1.29 is 28.6 Å². The molecule has 8 rings (SSSR count). The molecule has 2 saturated heterocycles. The first-order chi connectivity index (χ1) is 28.7. The summed E-state index contributed by atoms with van der Waals surface area (Å²) in [6, 6.07) is 20.3. The number of nitrogens with zero attached hydrogens (tertiary/aromatic N) is 7. The van der Waals surface area contributed by atoms with Gasteiger partial charge in [-0.25, -0.2) is 24.4 Å². The van der Waals surface area contributed by atoms with Gasteiger partial charge < -0.3 is 38.7 Å². The van der Waals surface area contributed by atoms with Gasteiger partial charge in [0, 0.05) is 81.1 Å². The number of thiazole rings is 1. The van der Waals surface area contributed by atoms with Gasteiger partial charge in [-0.2, -0.15) is 0 Å². The number of rotatable bonds is 6. The molecule has 0 saturated carbocycles. The van der Waals surface area contributed by atoms with Gasteiger partial charge in [0.2, 0.25) is 0 Å². The molecule has 0 spiro atoms. The van der Waals surface area contributed by atoms with Crippen molar-refractivity contribution in [3.63, 3.8) is 0 Å². The first-order valence-electron chi connectivity index (χ1n) is 20.6. The number of ether oxygens (including phenoxy) is 3. The predicted molar refractivity (Wildman–Crippen MR) is 237 cm³/mol. The summed E-state index contributed by atoms with van der Waals surface area (Å²) in [5.74, 6) is 0.883. The molecule has 60 heavy (non-hydrogen) atoms. The number of carbonyl (C=O) groups is 3. The Labute approximate surface area is 359 Å². The van der Waals surface area contributed by atoms with Crippen LogP contribution in [0.2, 0.25) is 0 Å². The number of hydrogen-bond acceptors (Lipinski definition) is 12. The Morgan fingerprint density at radius 3 is 1.97 bits per heavy atom. The lowest BCUT2D eigenvalue weighted by atomic mass is 10.0. The van der Waals surface area contributed by atoms with Gasteiger partial charge in [0.05, 0.1) is 16.8 Å². The summed E-state index contributed by atoms with van der Waals surface area (Å²) in [5, 5.41) is 2.07. The molecule has 13 nitrogen and oxygen atoms in total. The van der Waals surface area contributed by atoms with Crippen molar-refractivity contribution >= 4 is 62.0 Å². The number of pyridine rings is 1. The highest BCUT2D eigenvalue weighted by Crippen LogP contribution is 2.48. The fraction of sp³-hybridized carbons (Fsp3) is 0.444. The third kappa shape index (κ3) is 9.47. The number of thiophene rings is 1. The van der Waals surface area contributed by atoms with Crippen molar-refractivity contribution in [3.8, 4) is 21.7 Å². The number of amides is 3. The van der Waals surface area contributed by atoms with Crippen LogP contribution in [0.25, 0.3) is 31.9 Å². The van der Waals surface area contributed by atoms with Crippen LogP contribution in [0.4, 0.5) is 25.2 Å². The van der Waals surface area contributed by atoms with Gasteiger partial charge in [-0.15, -0.1) is 22.7 Å². The van der Waals surface area contributed by atoms with E-state index in [9.17, 15) is 14.4 Å². The third-order valence-electron chi connectivity index (χ3n) is 10.7. The van der Waals surface area contributed by atoms with Gasteiger partial charge in [0.1, 0.15) is 33.6 Å². The van der Waals surface area contributed by atoms with E-state index in [1.165, 1.54) is 5.56 Å². The standard InChI is InChI=1S/C45H53N7O6S2/c1-44(2,3)57-42(54)51-22-18-48(19-23-51)37-15-13-32(27-46-37)31-12-14-34-35(26-31)59-39(47-34)38-33-16-17-52(43(55)58-45(4,5)6)28-36(33)60-40(38)49-20-24-50(25-21-49)41(53)56-29-30-10-8-7-9-11-30/h7-15,26-27H,16-25,28-29H2,1-6H3. The fourth-order valence-electron chi connectivity index (χ4n) is 7.62. The third-order valence-corrected chi connectivity index (χ3v) is 13.0. The number of piperazine rings is 2. The number of fused-ring (bicyclic) bond motifs is 2. The Balaban J connectivity index is 1.00. The molecule has 0 aliphatic carbocycles. The molecule has 3 amide bonds. The highest BCUT2D eigenvalue weighted by molar-refractivity contribution is 7.23. The highest BCUT2D eigenvalue weighted by atomic mass is 32.1. The molecule has 0 atom stereocenters. The molecule has 3 aliphatic rings. The van der Waals surface area contributed by atoms with E-state index in [0.29, 0.717) is 71.9 Å². The second-order valence-electron chi connectivity index (χ2n) is 17.4. The van der Waals surface area contributed by atoms with E-state index in [-0.39, 0.29) is 24.9 Å². The van der Waals surface area contributed by atoms with Crippen LogP contribution in [0.5, 0.6) is 0 Å². The predicted octanol–water partition coefficient (Wildman–Crippen LogP) is 8.90. The molecule has 2 aromatic carbocycles. The number of benzene rings is 2. The molecule has 0 bridgehead atoms. The molecular weight excluding hydrogens is 799 g/mol. The van der Waals surface area contributed by atoms with Crippen LogP contribution in [0, 0.1) is 0 Å². The van der Waals surface area contributed by atoms with E-state index in [1.54, 1.807) is 37.4 Å². The maximum absolute atomic E-state index is 13.2. The van der Waals surface area contributed by atoms with Gasteiger partial charge in [-0.05, 0) is 88.9 Å². The Kier molecular flexibility index (Phi) is 11.7. The molecule has 0 radical (unpaired) electrons. The van der Waals surface area contributed by atoms with Crippen LogP contribution in [0.15, 0.2) is 66.9 Å². The zero-order valence-corrected chi connectivity index (χ0v) is 36.9. The largest absolute Gasteiger partial charge is 0.445 e. The summed E-state index contributed by atoms with van der Waals surface area (Å²) in [6.45, 7) is 17.5. The van der Waals surface area contributed by atoms with Crippen molar-refractivity contribution in [1.82, 2.24) is 24.7 Å². The maximum Gasteiger partial charge on any atom is 0.410 e. The van der Waals surface area contributed by atoms with E-state index in [0.717, 1.165) is 53.2 Å². The Morgan fingerprint density at radius 1 is 0.683 bits per heavy atom. The SMILES string of the molecule is CC(C)(C)OC(=O)N1CCN(c2ccc(-c3ccc4nc(-c5c(N6CCN(C(=O)OCc7ccccc7)CC6)sc6c5CCN(C(=O)OC(C)(C)C)C6)sc4c3)cn2)CC1. The number of carbonyl (C=O) groups excluding carboxylic acids is 3. The first kappa shape index (κ1) is 41.3. The minimum atomic E-state index is -0.580. The molecule has 3 aromatic heterocycles. The summed E-state index contributed by atoms with van der Waals surface area (Å²) in [6.07, 6.45) is 1.73. The minimum absolute atomic E-state index is 0.243. The summed E-state index contributed by atoms with van der Waals surface area (Å²) < 4.78 is 18.1. The second kappa shape index (κ2) is 16.9. The topological polar surface area (TPSA) is 121 Å². The molecule has 316 valence electrons. The quantitative estimate of drug-likeness (QED) is 0.153. The van der Waals surface area contributed by atoms with Crippen molar-refractivity contribution in [3.05, 3.63) is 82.9 Å². The Morgan fingerprint density at radius 2 is 1.32 bits per heavy atom. The average Bonchev–Trinajstić information content (AvgIpc) is 3.83. The zero-order chi connectivity index (χ0) is 42.2. The molecule has 0 unspecified atom stereocenters. The second-order valence-corrected chi connectivity index (χ2v) is 19.5. The lowest BCUT2D eigenvalue weighted by Gasteiger charge is -2.36. The monoisotopic (exact) mass is 851 g/mol. The van der Waals surface area contributed by atoms with Crippen molar-refractivity contribution in [2.24, 2.45) is 0 Å². The molecule has 5 aromatic rings. The molecule has 0 N–H and O–H groups in total. The first-order valence-corrected chi connectivity index (χ1v) is 22.2. The van der Waals surface area contributed by atoms with Crippen LogP contribution >= 0.6 is 22.7 Å². The van der Waals surface area contributed by atoms with Gasteiger partial charge in [-0.3, -0.25) is 0 Å². The van der Waals surface area contributed by atoms with Crippen molar-refractivity contribution in [2.45, 2.75) is 72.3 Å². The van der Waals surface area contributed by atoms with Crippen molar-refractivity contribution in [1.29, 1.82) is 0 Å². The van der Waals surface area contributed by atoms with E-state index < -0.39 is 11.2 Å². The van der Waals surface area contributed by atoms with Gasteiger partial charge in [0.15, 0.2) is 0 Å². The maximum atomic E-state index is 13.2. The van der Waals surface area contributed by atoms with Crippen LogP contribution in [0.3, 0.4) is 0 Å². The molecule has 3 aliphatic heterocycles. The lowest BCUT2D eigenvalue weighted by Crippen LogP contribution is -2.50. The Bertz CT molecular complexity index is 2340. The molecule has 6 heterocycles. The number of hydrogen-bond donors (Lipinski definition) is 0. The van der Waals surface area contributed by atoms with Crippen LogP contribution < -0.4 is 9.80 Å². The molecule has 15 heteroatoms. The minimum Gasteiger partial charge on any atom is -0.445 e. The summed E-state index contributed by atoms with van der Waals surface area (Å²) in [7, 11) is 0. The highest BCUT2D eigenvalue weighted by Gasteiger charge is 2.34. The summed E-state index contributed by atoms with van der Waals surface area (Å²) in [5.41, 5.74) is 5.21. The van der Waals surface area contributed by atoms with E-state index in [1.807, 2.05) is 84.1 Å². The normalized spacial score (nSPS) is 16.2. The van der Waals surface area contributed by atoms with Crippen molar-refractivity contribution in [2.75, 3.05) is 68.7 Å². The van der Waals surface area contributed by atoms with Crippen LogP contribution in [-0.4, -0.2) is 113 Å². The van der Waals surface area contributed by atoms with Gasteiger partial charge in [0.25, 0.3) is 0 Å². The van der Waals surface area contributed by atoms with E-state index in [4.69, 9.17) is 24.2 Å². The van der Waals surface area contributed by atoms with E-state index >= 15 is 0 Å². The fourth-order valence-corrected chi connectivity index (χ4v) is 10.2. The van der Waals surface area contributed by atoms with Gasteiger partial charge >= 0.3 is 18.3 Å². The zero-order valence-electron chi connectivity index (χ0n) is 35.2. The van der Waals surface area contributed by atoms with E-state index in [2.05, 4.69) is 34.1 Å². The average molecular weight is 852 g/mol. The Hall–Kier alpha value is -5.41. The van der Waals surface area contributed by atoms with Crippen LogP contribution in [0.1, 0.15) is 57.5 Å². The number of aromatic nitrogens is 2. The smallest absolute Gasteiger partial charge is 0.410 e. The van der Waals surface area contributed by atoms with Gasteiger partial charge in [-0.1, -0.05) is 36.4 Å². The molecular formula is C45H53N7O6S2. The van der Waals surface area contributed by atoms with Crippen LogP contribution in [-0.2, 0) is 33.8 Å². The number of anilines is 2. The summed E-state index contributed by atoms with van der Waals surface area (Å²) in [4.78, 5) is 59.9. The molecule has 2 fully saturated rings. The lowest BCUT2D eigenvalue weighted by molar-refractivity contribution is 0.0221.